The van der Waals surface area contributed by atoms with Gasteiger partial charge in [-0.25, -0.2) is 4.98 Å². The molecule has 4 rings (SSSR count). The van der Waals surface area contributed by atoms with Gasteiger partial charge in [-0.1, -0.05) is 12.1 Å². The van der Waals surface area contributed by atoms with Crippen LogP contribution in [0.2, 0.25) is 0 Å². The number of hydrogen-bond acceptors (Lipinski definition) is 5. The molecule has 0 unspecified atom stereocenters. The lowest BCUT2D eigenvalue weighted by Crippen LogP contribution is -2.23. The van der Waals surface area contributed by atoms with Gasteiger partial charge in [0.15, 0.2) is 5.65 Å². The quantitative estimate of drug-likeness (QED) is 0.579. The second-order valence-corrected chi connectivity index (χ2v) is 6.50. The van der Waals surface area contributed by atoms with Crippen molar-refractivity contribution in [2.45, 2.75) is 20.4 Å². The smallest absolute Gasteiger partial charge is 0.253 e. The molecule has 0 fully saturated rings. The fraction of sp³-hybridized carbons (Fsp3) is 0.143. The van der Waals surface area contributed by atoms with Gasteiger partial charge < -0.3 is 10.1 Å². The Bertz CT molecular complexity index is 1150. The minimum absolute atomic E-state index is 0.176. The highest BCUT2D eigenvalue weighted by Gasteiger charge is 2.09. The van der Waals surface area contributed by atoms with Gasteiger partial charge in [-0.3, -0.25) is 9.20 Å². The minimum Gasteiger partial charge on any atom is -0.439 e. The summed E-state index contributed by atoms with van der Waals surface area (Å²) < 4.78 is 7.63. The molecular formula is C21H19N5O2. The summed E-state index contributed by atoms with van der Waals surface area (Å²) in [6.07, 6.45) is 4.93. The average Bonchev–Trinajstić information content (AvgIpc) is 3.18. The van der Waals surface area contributed by atoms with Crippen LogP contribution >= 0.6 is 0 Å². The summed E-state index contributed by atoms with van der Waals surface area (Å²) in [4.78, 5) is 16.7. The highest BCUT2D eigenvalue weighted by molar-refractivity contribution is 5.94. The van der Waals surface area contributed by atoms with Gasteiger partial charge in [0, 0.05) is 25.0 Å². The van der Waals surface area contributed by atoms with E-state index in [9.17, 15) is 4.79 Å². The Kier molecular flexibility index (Phi) is 4.72. The molecule has 0 bridgehead atoms. The van der Waals surface area contributed by atoms with Crippen LogP contribution in [0.3, 0.4) is 0 Å². The molecule has 0 radical (unpaired) electrons. The van der Waals surface area contributed by atoms with E-state index in [4.69, 9.17) is 4.74 Å². The van der Waals surface area contributed by atoms with Crippen LogP contribution in [0, 0.1) is 13.8 Å². The van der Waals surface area contributed by atoms with Crippen molar-refractivity contribution in [3.8, 4) is 11.6 Å². The van der Waals surface area contributed by atoms with Gasteiger partial charge in [-0.15, -0.1) is 10.2 Å². The normalized spacial score (nSPS) is 10.8. The van der Waals surface area contributed by atoms with E-state index in [1.165, 1.54) is 0 Å². The van der Waals surface area contributed by atoms with Crippen molar-refractivity contribution < 1.29 is 9.53 Å². The summed E-state index contributed by atoms with van der Waals surface area (Å²) in [5.74, 6) is 1.09. The third-order valence-electron chi connectivity index (χ3n) is 4.57. The molecule has 4 aromatic rings. The summed E-state index contributed by atoms with van der Waals surface area (Å²) in [5.41, 5.74) is 4.36. The Balaban J connectivity index is 1.44. The number of hydrogen-bond donors (Lipinski definition) is 1. The van der Waals surface area contributed by atoms with E-state index in [1.54, 1.807) is 35.3 Å². The zero-order chi connectivity index (χ0) is 19.5. The van der Waals surface area contributed by atoms with Crippen LogP contribution < -0.4 is 10.1 Å². The molecule has 0 saturated carbocycles. The van der Waals surface area contributed by atoms with Gasteiger partial charge in [0.05, 0.1) is 5.56 Å². The largest absolute Gasteiger partial charge is 0.439 e. The molecular weight excluding hydrogens is 354 g/mol. The Morgan fingerprint density at radius 1 is 1.18 bits per heavy atom. The number of aromatic nitrogens is 4. The fourth-order valence-corrected chi connectivity index (χ4v) is 2.81. The number of pyridine rings is 2. The number of amides is 1. The molecule has 7 nitrogen and oxygen atoms in total. The number of rotatable bonds is 5. The fourth-order valence-electron chi connectivity index (χ4n) is 2.81. The van der Waals surface area contributed by atoms with E-state index in [0.717, 1.165) is 22.4 Å². The number of aryl methyl sites for hydroxylation is 1. The van der Waals surface area contributed by atoms with Gasteiger partial charge in [-0.2, -0.15) is 0 Å². The zero-order valence-corrected chi connectivity index (χ0v) is 15.6. The van der Waals surface area contributed by atoms with Crippen LogP contribution in [0.15, 0.2) is 61.2 Å². The van der Waals surface area contributed by atoms with Crippen molar-refractivity contribution in [3.63, 3.8) is 0 Å². The first-order valence-electron chi connectivity index (χ1n) is 8.87. The molecule has 0 aliphatic rings. The first kappa shape index (κ1) is 17.7. The SMILES string of the molecule is Cc1cccc(Oc2cc(CNC(=O)c3ccc4nncn4c3)ccn2)c1C. The Hall–Kier alpha value is -3.74. The van der Waals surface area contributed by atoms with Gasteiger partial charge in [-0.05, 0) is 54.8 Å². The van der Waals surface area contributed by atoms with Crippen molar-refractivity contribution >= 4 is 11.6 Å². The minimum atomic E-state index is -0.176. The standard InChI is InChI=1S/C21H19N5O2/c1-14-4-3-5-18(15(14)2)28-20-10-16(8-9-22-20)11-23-21(27)17-6-7-19-25-24-13-26(19)12-17/h3-10,12-13H,11H2,1-2H3,(H,23,27). The van der Waals surface area contributed by atoms with E-state index in [0.29, 0.717) is 23.6 Å². The molecule has 1 N–H and O–H groups in total. The van der Waals surface area contributed by atoms with E-state index < -0.39 is 0 Å². The monoisotopic (exact) mass is 373 g/mol. The lowest BCUT2D eigenvalue weighted by Gasteiger charge is -2.11. The number of nitrogens with one attached hydrogen (secondary N) is 1. The Morgan fingerprint density at radius 2 is 2.07 bits per heavy atom. The lowest BCUT2D eigenvalue weighted by atomic mass is 10.1. The maximum Gasteiger partial charge on any atom is 0.253 e. The zero-order valence-electron chi connectivity index (χ0n) is 15.6. The molecule has 1 aromatic carbocycles. The van der Waals surface area contributed by atoms with Gasteiger partial charge in [0.1, 0.15) is 12.1 Å². The molecule has 28 heavy (non-hydrogen) atoms. The first-order chi connectivity index (χ1) is 13.6. The van der Waals surface area contributed by atoms with Crippen LogP contribution in [0.4, 0.5) is 0 Å². The Labute approximate surface area is 162 Å². The second-order valence-electron chi connectivity index (χ2n) is 6.50. The predicted molar refractivity (Wildman–Crippen MR) is 104 cm³/mol. The summed E-state index contributed by atoms with van der Waals surface area (Å²) >= 11 is 0. The first-order valence-corrected chi connectivity index (χ1v) is 8.87. The van der Waals surface area contributed by atoms with Crippen molar-refractivity contribution in [2.24, 2.45) is 0 Å². The number of benzene rings is 1. The second kappa shape index (κ2) is 7.48. The summed E-state index contributed by atoms with van der Waals surface area (Å²) in [5, 5.41) is 10.6. The maximum absolute atomic E-state index is 12.4. The van der Waals surface area contributed by atoms with Crippen molar-refractivity contribution in [3.05, 3.63) is 83.4 Å². The third kappa shape index (κ3) is 3.68. The number of nitrogens with zero attached hydrogens (tertiary/aromatic N) is 4. The predicted octanol–water partition coefficient (Wildman–Crippen LogP) is 3.46. The Morgan fingerprint density at radius 3 is 2.96 bits per heavy atom. The molecule has 0 saturated heterocycles. The molecule has 140 valence electrons. The van der Waals surface area contributed by atoms with Crippen molar-refractivity contribution in [1.29, 1.82) is 0 Å². The molecule has 0 spiro atoms. The maximum atomic E-state index is 12.4. The molecule has 3 heterocycles. The summed E-state index contributed by atoms with van der Waals surface area (Å²) in [7, 11) is 0. The third-order valence-corrected chi connectivity index (χ3v) is 4.57. The van der Waals surface area contributed by atoms with E-state index in [1.807, 2.05) is 44.2 Å². The molecule has 7 heteroatoms. The molecule has 0 aliphatic carbocycles. The number of carbonyl (C=O) groups is 1. The van der Waals surface area contributed by atoms with E-state index in [-0.39, 0.29) is 5.91 Å². The van der Waals surface area contributed by atoms with Gasteiger partial charge >= 0.3 is 0 Å². The van der Waals surface area contributed by atoms with Crippen LogP contribution in [0.25, 0.3) is 5.65 Å². The van der Waals surface area contributed by atoms with E-state index in [2.05, 4.69) is 20.5 Å². The number of ether oxygens (including phenoxy) is 1. The lowest BCUT2D eigenvalue weighted by molar-refractivity contribution is 0.0950. The summed E-state index contributed by atoms with van der Waals surface area (Å²) in [6.45, 7) is 4.42. The van der Waals surface area contributed by atoms with Crippen LogP contribution in [0.5, 0.6) is 11.6 Å². The highest BCUT2D eigenvalue weighted by Crippen LogP contribution is 2.25. The molecule has 0 aliphatic heterocycles. The van der Waals surface area contributed by atoms with E-state index >= 15 is 0 Å². The molecule has 0 atom stereocenters. The van der Waals surface area contributed by atoms with Crippen molar-refractivity contribution in [2.75, 3.05) is 0 Å². The topological polar surface area (TPSA) is 81.4 Å². The molecule has 1 amide bonds. The van der Waals surface area contributed by atoms with Crippen molar-refractivity contribution in [1.82, 2.24) is 24.9 Å². The van der Waals surface area contributed by atoms with Crippen LogP contribution in [-0.4, -0.2) is 25.5 Å². The molecule has 3 aromatic heterocycles. The van der Waals surface area contributed by atoms with Crippen LogP contribution in [0.1, 0.15) is 27.0 Å². The van der Waals surface area contributed by atoms with Gasteiger partial charge in [0.25, 0.3) is 5.91 Å². The number of carbonyl (C=O) groups excluding carboxylic acids is 1. The summed E-state index contributed by atoms with van der Waals surface area (Å²) in [6, 6.07) is 13.1. The highest BCUT2D eigenvalue weighted by atomic mass is 16.5. The number of fused-ring (bicyclic) bond motifs is 1. The average molecular weight is 373 g/mol. The van der Waals surface area contributed by atoms with Crippen LogP contribution in [-0.2, 0) is 6.54 Å². The van der Waals surface area contributed by atoms with Gasteiger partial charge in [0.2, 0.25) is 5.88 Å².